The van der Waals surface area contributed by atoms with E-state index < -0.39 is 23.8 Å². The van der Waals surface area contributed by atoms with Crippen molar-refractivity contribution >= 4 is 5.91 Å². The Kier molecular flexibility index (Phi) is 5.08. The smallest absolute Gasteiger partial charge is 0.387 e. The van der Waals surface area contributed by atoms with Crippen LogP contribution >= 0.6 is 0 Å². The molecule has 0 saturated heterocycles. The Balaban J connectivity index is 2.06. The van der Waals surface area contributed by atoms with Crippen LogP contribution in [0.1, 0.15) is 33.2 Å². The predicted octanol–water partition coefficient (Wildman–Crippen LogP) is 2.17. The van der Waals surface area contributed by atoms with Crippen molar-refractivity contribution in [1.82, 2.24) is 10.3 Å². The van der Waals surface area contributed by atoms with Crippen LogP contribution in [-0.2, 0) is 6.18 Å². The van der Waals surface area contributed by atoms with Crippen LogP contribution in [0.5, 0.6) is 0 Å². The van der Waals surface area contributed by atoms with Gasteiger partial charge in [-0.05, 0) is 30.2 Å². The lowest BCUT2D eigenvalue weighted by atomic mass is 10.1. The van der Waals surface area contributed by atoms with Gasteiger partial charge in [-0.2, -0.15) is 13.2 Å². The average molecular weight is 340 g/mol. The molecule has 24 heavy (non-hydrogen) atoms. The van der Waals surface area contributed by atoms with E-state index in [0.717, 1.165) is 12.1 Å². The first-order valence-electron chi connectivity index (χ1n) is 7.01. The first kappa shape index (κ1) is 17.7. The molecule has 0 bridgehead atoms. The molecule has 2 aromatic rings. The lowest BCUT2D eigenvalue weighted by Crippen LogP contribution is -2.29. The number of aromatic nitrogens is 1. The first-order valence-corrected chi connectivity index (χ1v) is 7.01. The molecule has 3 N–H and O–H groups in total. The number of alkyl halides is 3. The summed E-state index contributed by atoms with van der Waals surface area (Å²) in [5, 5.41) is 12.4. The molecule has 0 radical (unpaired) electrons. The molecule has 1 aromatic heterocycles. The van der Waals surface area contributed by atoms with E-state index in [0.29, 0.717) is 5.56 Å². The number of aromatic amines is 1. The Morgan fingerprint density at radius 2 is 2.04 bits per heavy atom. The fourth-order valence-electron chi connectivity index (χ4n) is 2.14. The minimum absolute atomic E-state index is 0.0447. The van der Waals surface area contributed by atoms with E-state index in [1.807, 2.05) is 0 Å². The Morgan fingerprint density at radius 3 is 2.67 bits per heavy atom. The SMILES string of the molecule is Cc1cc(=O)[nH]cc1C(=O)NCC(O)c1cccc(C(F)(F)F)c1. The number of aliphatic hydroxyl groups excluding tert-OH is 1. The van der Waals surface area contributed by atoms with Gasteiger partial charge in [0.25, 0.3) is 5.91 Å². The monoisotopic (exact) mass is 340 g/mol. The second kappa shape index (κ2) is 6.88. The third-order valence-corrected chi connectivity index (χ3v) is 3.43. The van der Waals surface area contributed by atoms with Gasteiger partial charge in [0, 0.05) is 18.8 Å². The van der Waals surface area contributed by atoms with Crippen molar-refractivity contribution < 1.29 is 23.1 Å². The standard InChI is InChI=1S/C16H15F3N2O3/c1-9-5-14(23)20-7-12(9)15(24)21-8-13(22)10-3-2-4-11(6-10)16(17,18)19/h2-7,13,22H,8H2,1H3,(H,20,23)(H,21,24). The van der Waals surface area contributed by atoms with Gasteiger partial charge in [0.2, 0.25) is 5.56 Å². The van der Waals surface area contributed by atoms with Gasteiger partial charge in [0.1, 0.15) is 0 Å². The van der Waals surface area contributed by atoms with Crippen LogP contribution in [0.25, 0.3) is 0 Å². The number of rotatable bonds is 4. The van der Waals surface area contributed by atoms with E-state index in [9.17, 15) is 27.9 Å². The van der Waals surface area contributed by atoms with Crippen LogP contribution in [-0.4, -0.2) is 22.5 Å². The van der Waals surface area contributed by atoms with Gasteiger partial charge < -0.3 is 15.4 Å². The minimum Gasteiger partial charge on any atom is -0.387 e. The van der Waals surface area contributed by atoms with E-state index in [-0.39, 0.29) is 23.2 Å². The number of halogens is 3. The maximum Gasteiger partial charge on any atom is 0.416 e. The fourth-order valence-corrected chi connectivity index (χ4v) is 2.14. The molecular weight excluding hydrogens is 325 g/mol. The second-order valence-corrected chi connectivity index (χ2v) is 5.24. The molecule has 5 nitrogen and oxygen atoms in total. The summed E-state index contributed by atoms with van der Waals surface area (Å²) in [6.07, 6.45) is -4.56. The van der Waals surface area contributed by atoms with Crippen molar-refractivity contribution in [2.45, 2.75) is 19.2 Å². The van der Waals surface area contributed by atoms with Crippen LogP contribution in [0.15, 0.2) is 41.3 Å². The number of aryl methyl sites for hydroxylation is 1. The molecule has 1 atom stereocenters. The van der Waals surface area contributed by atoms with Gasteiger partial charge in [0.15, 0.2) is 0 Å². The van der Waals surface area contributed by atoms with Crippen LogP contribution in [0.4, 0.5) is 13.2 Å². The lowest BCUT2D eigenvalue weighted by Gasteiger charge is -2.15. The summed E-state index contributed by atoms with van der Waals surface area (Å²) in [6.45, 7) is 1.31. The van der Waals surface area contributed by atoms with Crippen molar-refractivity contribution in [1.29, 1.82) is 0 Å². The molecular formula is C16H15F3N2O3. The zero-order chi connectivity index (χ0) is 17.9. The third-order valence-electron chi connectivity index (χ3n) is 3.43. The highest BCUT2D eigenvalue weighted by Gasteiger charge is 2.30. The number of hydrogen-bond acceptors (Lipinski definition) is 3. The zero-order valence-electron chi connectivity index (χ0n) is 12.6. The topological polar surface area (TPSA) is 82.2 Å². The zero-order valence-corrected chi connectivity index (χ0v) is 12.6. The summed E-state index contributed by atoms with van der Waals surface area (Å²) in [5.74, 6) is -0.547. The summed E-state index contributed by atoms with van der Waals surface area (Å²) in [4.78, 5) is 25.5. The van der Waals surface area contributed by atoms with Crippen molar-refractivity contribution in [3.05, 3.63) is 69.1 Å². The molecule has 1 heterocycles. The van der Waals surface area contributed by atoms with Crippen molar-refractivity contribution in [2.24, 2.45) is 0 Å². The normalized spacial score (nSPS) is 12.7. The number of benzene rings is 1. The van der Waals surface area contributed by atoms with Gasteiger partial charge in [-0.1, -0.05) is 12.1 Å². The third kappa shape index (κ3) is 4.23. The summed E-state index contributed by atoms with van der Waals surface area (Å²) >= 11 is 0. The van der Waals surface area contributed by atoms with E-state index >= 15 is 0 Å². The molecule has 0 aliphatic heterocycles. The highest BCUT2D eigenvalue weighted by Crippen LogP contribution is 2.30. The Bertz CT molecular complexity index is 800. The van der Waals surface area contributed by atoms with Crippen LogP contribution < -0.4 is 10.9 Å². The molecule has 0 aliphatic carbocycles. The number of carbonyl (C=O) groups is 1. The van der Waals surface area contributed by atoms with Crippen LogP contribution in [0.3, 0.4) is 0 Å². The molecule has 0 fully saturated rings. The average Bonchev–Trinajstić information content (AvgIpc) is 2.51. The number of aliphatic hydroxyl groups is 1. The summed E-state index contributed by atoms with van der Waals surface area (Å²) in [6, 6.07) is 5.52. The largest absolute Gasteiger partial charge is 0.416 e. The van der Waals surface area contributed by atoms with Crippen molar-refractivity contribution in [3.8, 4) is 0 Å². The molecule has 8 heteroatoms. The van der Waals surface area contributed by atoms with Gasteiger partial charge in [-0.15, -0.1) is 0 Å². The fraction of sp³-hybridized carbons (Fsp3) is 0.250. The molecule has 0 spiro atoms. The Hall–Kier alpha value is -2.61. The van der Waals surface area contributed by atoms with E-state index in [1.165, 1.54) is 24.4 Å². The summed E-state index contributed by atoms with van der Waals surface area (Å²) in [7, 11) is 0. The molecule has 0 saturated carbocycles. The van der Waals surface area contributed by atoms with Crippen LogP contribution in [0.2, 0.25) is 0 Å². The highest BCUT2D eigenvalue weighted by molar-refractivity contribution is 5.95. The molecule has 1 amide bonds. The Morgan fingerprint density at radius 1 is 1.33 bits per heavy atom. The van der Waals surface area contributed by atoms with Gasteiger partial charge in [-0.25, -0.2) is 0 Å². The quantitative estimate of drug-likeness (QED) is 0.798. The number of nitrogens with one attached hydrogen (secondary N) is 2. The van der Waals surface area contributed by atoms with Crippen molar-refractivity contribution in [2.75, 3.05) is 6.54 Å². The molecule has 128 valence electrons. The minimum atomic E-state index is -4.51. The maximum absolute atomic E-state index is 12.7. The number of carbonyl (C=O) groups excluding carboxylic acids is 1. The predicted molar refractivity (Wildman–Crippen MR) is 80.5 cm³/mol. The number of pyridine rings is 1. The molecule has 2 rings (SSSR count). The van der Waals surface area contributed by atoms with E-state index in [1.54, 1.807) is 6.92 Å². The molecule has 1 aromatic carbocycles. The lowest BCUT2D eigenvalue weighted by molar-refractivity contribution is -0.137. The van der Waals surface area contributed by atoms with Crippen molar-refractivity contribution in [3.63, 3.8) is 0 Å². The maximum atomic E-state index is 12.7. The van der Waals surface area contributed by atoms with Crippen LogP contribution in [0, 0.1) is 6.92 Å². The first-order chi connectivity index (χ1) is 11.2. The van der Waals surface area contributed by atoms with Gasteiger partial charge >= 0.3 is 6.18 Å². The number of amides is 1. The molecule has 0 aliphatic rings. The summed E-state index contributed by atoms with van der Waals surface area (Å²) < 4.78 is 38.0. The number of hydrogen-bond donors (Lipinski definition) is 3. The number of H-pyrrole nitrogens is 1. The van der Waals surface area contributed by atoms with E-state index in [2.05, 4.69) is 10.3 Å². The Labute approximate surface area is 135 Å². The highest BCUT2D eigenvalue weighted by atomic mass is 19.4. The molecule has 1 unspecified atom stereocenters. The van der Waals surface area contributed by atoms with Gasteiger partial charge in [0.05, 0.1) is 17.2 Å². The summed E-state index contributed by atoms with van der Waals surface area (Å²) in [5.41, 5.74) is -0.520. The van der Waals surface area contributed by atoms with E-state index in [4.69, 9.17) is 0 Å². The van der Waals surface area contributed by atoms with Gasteiger partial charge in [-0.3, -0.25) is 9.59 Å². The second-order valence-electron chi connectivity index (χ2n) is 5.24.